The molecule has 0 saturated carbocycles. The molecule has 34 heavy (non-hydrogen) atoms. The Hall–Kier alpha value is -2.86. The number of methoxy groups -OCH3 is 1. The third-order valence-electron chi connectivity index (χ3n) is 5.68. The van der Waals surface area contributed by atoms with Crippen molar-refractivity contribution in [3.8, 4) is 0 Å². The van der Waals surface area contributed by atoms with Crippen molar-refractivity contribution in [2.75, 3.05) is 44.6 Å². The molecule has 0 aliphatic carbocycles. The van der Waals surface area contributed by atoms with Crippen LogP contribution in [0.15, 0.2) is 48.5 Å². The van der Waals surface area contributed by atoms with E-state index in [2.05, 4.69) is 5.32 Å². The van der Waals surface area contributed by atoms with Crippen LogP contribution in [0.5, 0.6) is 0 Å². The molecular formula is C28H41N3O3. The molecule has 2 aromatic rings. The Kier molecular flexibility index (Phi) is 10.1. The number of hydrogen-bond donors (Lipinski definition) is 1. The molecule has 2 rings (SSSR count). The molecule has 0 fully saturated rings. The molecule has 0 aromatic heterocycles. The van der Waals surface area contributed by atoms with Gasteiger partial charge in [0.25, 0.3) is 0 Å². The zero-order chi connectivity index (χ0) is 25.3. The van der Waals surface area contributed by atoms with E-state index >= 15 is 0 Å². The Bertz CT molecular complexity index is 936. The van der Waals surface area contributed by atoms with Crippen molar-refractivity contribution in [3.63, 3.8) is 0 Å². The minimum Gasteiger partial charge on any atom is -0.383 e. The lowest BCUT2D eigenvalue weighted by Crippen LogP contribution is -2.37. The second-order valence-electron chi connectivity index (χ2n) is 10.1. The molecule has 6 heteroatoms. The number of hydrogen-bond acceptors (Lipinski definition) is 4. The fourth-order valence-corrected chi connectivity index (χ4v) is 4.05. The van der Waals surface area contributed by atoms with Gasteiger partial charge in [-0.25, -0.2) is 0 Å². The highest BCUT2D eigenvalue weighted by molar-refractivity contribution is 5.91. The first kappa shape index (κ1) is 27.4. The summed E-state index contributed by atoms with van der Waals surface area (Å²) in [6.45, 7) is 9.56. The summed E-state index contributed by atoms with van der Waals surface area (Å²) in [6, 6.07) is 15.8. The van der Waals surface area contributed by atoms with Crippen LogP contribution in [0, 0.1) is 5.41 Å². The monoisotopic (exact) mass is 467 g/mol. The summed E-state index contributed by atoms with van der Waals surface area (Å²) in [7, 11) is 5.61. The standard InChI is InChI=1S/C28H41N3O3/c1-8-24(21-12-10-9-11-13-21)27(33)31(16-17-34-7)20-22-18-23(14-15-25(22)30(5)6)29-26(32)19-28(2,3)4/h9-15,18,24H,8,16-17,19-20H2,1-7H3,(H,29,32)/t24-/m0/s1. The normalized spacial score (nSPS) is 12.2. The highest BCUT2D eigenvalue weighted by Gasteiger charge is 2.25. The van der Waals surface area contributed by atoms with Crippen molar-refractivity contribution in [2.45, 2.75) is 53.0 Å². The van der Waals surface area contributed by atoms with E-state index in [9.17, 15) is 9.59 Å². The van der Waals surface area contributed by atoms with Gasteiger partial charge in [0.2, 0.25) is 11.8 Å². The van der Waals surface area contributed by atoms with Gasteiger partial charge in [0, 0.05) is 52.1 Å². The summed E-state index contributed by atoms with van der Waals surface area (Å²) in [6.07, 6.45) is 1.15. The van der Waals surface area contributed by atoms with Crippen LogP contribution in [-0.4, -0.2) is 51.1 Å². The quantitative estimate of drug-likeness (QED) is 0.487. The van der Waals surface area contributed by atoms with Crippen molar-refractivity contribution >= 4 is 23.2 Å². The molecule has 1 N–H and O–H groups in total. The van der Waals surface area contributed by atoms with Crippen molar-refractivity contribution in [3.05, 3.63) is 59.7 Å². The van der Waals surface area contributed by atoms with E-state index in [0.29, 0.717) is 26.1 Å². The van der Waals surface area contributed by atoms with E-state index in [1.165, 1.54) is 0 Å². The first-order chi connectivity index (χ1) is 16.1. The number of nitrogens with zero attached hydrogens (tertiary/aromatic N) is 2. The van der Waals surface area contributed by atoms with Crippen LogP contribution in [0.2, 0.25) is 0 Å². The topological polar surface area (TPSA) is 61.9 Å². The van der Waals surface area contributed by atoms with Gasteiger partial charge in [-0.05, 0) is 41.2 Å². The Morgan fingerprint density at radius 3 is 2.29 bits per heavy atom. The van der Waals surface area contributed by atoms with Crippen LogP contribution in [-0.2, 0) is 20.9 Å². The zero-order valence-corrected chi connectivity index (χ0v) is 21.9. The SMILES string of the molecule is CC[C@H](C(=O)N(CCOC)Cc1cc(NC(=O)CC(C)(C)C)ccc1N(C)C)c1ccccc1. The van der Waals surface area contributed by atoms with E-state index in [1.807, 2.05) is 100 Å². The van der Waals surface area contributed by atoms with Crippen molar-refractivity contribution in [1.82, 2.24) is 4.90 Å². The lowest BCUT2D eigenvalue weighted by Gasteiger charge is -2.29. The van der Waals surface area contributed by atoms with Gasteiger partial charge in [-0.1, -0.05) is 58.0 Å². The largest absolute Gasteiger partial charge is 0.383 e. The Morgan fingerprint density at radius 1 is 1.06 bits per heavy atom. The fraction of sp³-hybridized carbons (Fsp3) is 0.500. The summed E-state index contributed by atoms with van der Waals surface area (Å²) in [5.41, 5.74) is 3.66. The van der Waals surface area contributed by atoms with E-state index in [4.69, 9.17) is 4.74 Å². The smallest absolute Gasteiger partial charge is 0.230 e. The second kappa shape index (κ2) is 12.6. The third kappa shape index (κ3) is 8.17. The minimum atomic E-state index is -0.212. The number of anilines is 2. The van der Waals surface area contributed by atoms with Gasteiger partial charge in [-0.2, -0.15) is 0 Å². The summed E-state index contributed by atoms with van der Waals surface area (Å²) < 4.78 is 5.32. The van der Waals surface area contributed by atoms with Crippen LogP contribution in [0.4, 0.5) is 11.4 Å². The van der Waals surface area contributed by atoms with E-state index in [-0.39, 0.29) is 23.1 Å². The molecule has 0 spiro atoms. The average molecular weight is 468 g/mol. The number of carbonyl (C=O) groups is 2. The molecule has 0 unspecified atom stereocenters. The van der Waals surface area contributed by atoms with Crippen LogP contribution >= 0.6 is 0 Å². The van der Waals surface area contributed by atoms with Gasteiger partial charge in [0.05, 0.1) is 12.5 Å². The van der Waals surface area contributed by atoms with Crippen molar-refractivity contribution < 1.29 is 14.3 Å². The van der Waals surface area contributed by atoms with Gasteiger partial charge in [0.15, 0.2) is 0 Å². The van der Waals surface area contributed by atoms with Crippen LogP contribution < -0.4 is 10.2 Å². The van der Waals surface area contributed by atoms with E-state index in [0.717, 1.165) is 28.9 Å². The molecule has 1 atom stereocenters. The molecule has 2 amide bonds. The Labute approximate surface area is 205 Å². The Balaban J connectivity index is 2.34. The summed E-state index contributed by atoms with van der Waals surface area (Å²) in [5, 5.41) is 3.02. The average Bonchev–Trinajstić information content (AvgIpc) is 2.76. The third-order valence-corrected chi connectivity index (χ3v) is 5.68. The minimum absolute atomic E-state index is 0.0153. The molecule has 2 aromatic carbocycles. The Morgan fingerprint density at radius 2 is 1.74 bits per heavy atom. The van der Waals surface area contributed by atoms with Crippen molar-refractivity contribution in [1.29, 1.82) is 0 Å². The number of ether oxygens (including phenoxy) is 1. The summed E-state index contributed by atoms with van der Waals surface area (Å²) in [5.74, 6) is -0.147. The summed E-state index contributed by atoms with van der Waals surface area (Å²) in [4.78, 5) is 30.1. The molecular weight excluding hydrogens is 426 g/mol. The number of benzene rings is 2. The first-order valence-corrected chi connectivity index (χ1v) is 12.0. The number of amides is 2. The van der Waals surface area contributed by atoms with E-state index < -0.39 is 0 Å². The lowest BCUT2D eigenvalue weighted by atomic mass is 9.92. The molecule has 0 aliphatic heterocycles. The van der Waals surface area contributed by atoms with Gasteiger partial charge < -0.3 is 19.9 Å². The van der Waals surface area contributed by atoms with Crippen LogP contribution in [0.3, 0.4) is 0 Å². The molecule has 0 heterocycles. The maximum atomic E-state index is 13.7. The predicted molar refractivity (Wildman–Crippen MR) is 140 cm³/mol. The second-order valence-corrected chi connectivity index (χ2v) is 10.1. The molecule has 0 radical (unpaired) electrons. The maximum Gasteiger partial charge on any atom is 0.230 e. The van der Waals surface area contributed by atoms with E-state index in [1.54, 1.807) is 7.11 Å². The molecule has 0 bridgehead atoms. The zero-order valence-electron chi connectivity index (χ0n) is 21.9. The highest BCUT2D eigenvalue weighted by atomic mass is 16.5. The molecule has 0 aliphatic rings. The van der Waals surface area contributed by atoms with Gasteiger partial charge in [-0.3, -0.25) is 9.59 Å². The molecule has 0 saturated heterocycles. The van der Waals surface area contributed by atoms with Gasteiger partial charge in [-0.15, -0.1) is 0 Å². The fourth-order valence-electron chi connectivity index (χ4n) is 4.05. The molecule has 186 valence electrons. The number of nitrogens with one attached hydrogen (secondary N) is 1. The number of carbonyl (C=O) groups excluding carboxylic acids is 2. The number of rotatable bonds is 11. The highest BCUT2D eigenvalue weighted by Crippen LogP contribution is 2.28. The van der Waals surface area contributed by atoms with Crippen molar-refractivity contribution in [2.24, 2.45) is 5.41 Å². The van der Waals surface area contributed by atoms with Crippen LogP contribution in [0.1, 0.15) is 57.6 Å². The first-order valence-electron chi connectivity index (χ1n) is 12.0. The molecule has 6 nitrogen and oxygen atoms in total. The predicted octanol–water partition coefficient (Wildman–Crippen LogP) is 5.30. The lowest BCUT2D eigenvalue weighted by molar-refractivity contribution is -0.134. The summed E-state index contributed by atoms with van der Waals surface area (Å²) >= 11 is 0. The maximum absolute atomic E-state index is 13.7. The van der Waals surface area contributed by atoms with Gasteiger partial charge >= 0.3 is 0 Å². The van der Waals surface area contributed by atoms with Crippen LogP contribution in [0.25, 0.3) is 0 Å². The van der Waals surface area contributed by atoms with Gasteiger partial charge in [0.1, 0.15) is 0 Å².